The van der Waals surface area contributed by atoms with Gasteiger partial charge in [-0.1, -0.05) is 28.1 Å². The number of aromatic amines is 1. The molecular formula is C18H22BrN5. The summed E-state index contributed by atoms with van der Waals surface area (Å²) in [5, 5.41) is 7.91. The van der Waals surface area contributed by atoms with Crippen LogP contribution in [0.3, 0.4) is 0 Å². The van der Waals surface area contributed by atoms with Crippen LogP contribution in [0.1, 0.15) is 22.8 Å². The highest BCUT2D eigenvalue weighted by molar-refractivity contribution is 9.10. The highest BCUT2D eigenvalue weighted by Gasteiger charge is 2.09. The summed E-state index contributed by atoms with van der Waals surface area (Å²) in [5.41, 5.74) is 5.85. The molecule has 0 radical (unpaired) electrons. The Balaban J connectivity index is 1.54. The largest absolute Gasteiger partial charge is 0.341 e. The van der Waals surface area contributed by atoms with Gasteiger partial charge in [0.05, 0.1) is 24.1 Å². The van der Waals surface area contributed by atoms with E-state index in [-0.39, 0.29) is 0 Å². The molecule has 0 amide bonds. The Bertz CT molecular complexity index is 834. The minimum Gasteiger partial charge on any atom is -0.341 e. The first-order valence-corrected chi connectivity index (χ1v) is 8.83. The van der Waals surface area contributed by atoms with Crippen molar-refractivity contribution in [3.63, 3.8) is 0 Å². The van der Waals surface area contributed by atoms with E-state index in [1.54, 1.807) is 0 Å². The molecule has 1 aromatic carbocycles. The third-order valence-electron chi connectivity index (χ3n) is 4.27. The van der Waals surface area contributed by atoms with E-state index >= 15 is 0 Å². The van der Waals surface area contributed by atoms with Gasteiger partial charge in [0.15, 0.2) is 0 Å². The Morgan fingerprint density at radius 1 is 1.29 bits per heavy atom. The lowest BCUT2D eigenvalue weighted by Crippen LogP contribution is -2.18. The van der Waals surface area contributed by atoms with Crippen LogP contribution in [0.5, 0.6) is 0 Å². The maximum absolute atomic E-state index is 4.46. The van der Waals surface area contributed by atoms with E-state index in [9.17, 15) is 0 Å². The van der Waals surface area contributed by atoms with E-state index < -0.39 is 0 Å². The molecule has 0 aliphatic carbocycles. The first kappa shape index (κ1) is 16.9. The topological polar surface area (TPSA) is 58.5 Å². The molecule has 0 bridgehead atoms. The van der Waals surface area contributed by atoms with Crippen molar-refractivity contribution < 1.29 is 0 Å². The minimum atomic E-state index is 0.729. The first-order chi connectivity index (χ1) is 11.5. The second kappa shape index (κ2) is 7.32. The number of hydrogen-bond donors (Lipinski definition) is 2. The summed E-state index contributed by atoms with van der Waals surface area (Å²) in [6.07, 6.45) is 2.86. The monoisotopic (exact) mass is 387 g/mol. The predicted octanol–water partition coefficient (Wildman–Crippen LogP) is 3.52. The maximum atomic E-state index is 4.46. The quantitative estimate of drug-likeness (QED) is 0.636. The van der Waals surface area contributed by atoms with Gasteiger partial charge in [-0.2, -0.15) is 5.10 Å². The minimum absolute atomic E-state index is 0.729. The number of halogens is 1. The number of rotatable bonds is 6. The number of aryl methyl sites for hydroxylation is 2. The number of nitrogens with zero attached hydrogens (tertiary/aromatic N) is 3. The summed E-state index contributed by atoms with van der Waals surface area (Å²) < 4.78 is 3.01. The summed E-state index contributed by atoms with van der Waals surface area (Å²) in [5.74, 6) is 0.949. The van der Waals surface area contributed by atoms with Crippen molar-refractivity contribution in [1.82, 2.24) is 25.1 Å². The first-order valence-electron chi connectivity index (χ1n) is 8.04. The second-order valence-corrected chi connectivity index (χ2v) is 6.87. The van der Waals surface area contributed by atoms with Gasteiger partial charge in [-0.3, -0.25) is 4.68 Å². The van der Waals surface area contributed by atoms with Crippen LogP contribution in [-0.2, 0) is 20.0 Å². The fourth-order valence-corrected chi connectivity index (χ4v) is 3.25. The van der Waals surface area contributed by atoms with Gasteiger partial charge in [-0.05, 0) is 44.5 Å². The summed E-state index contributed by atoms with van der Waals surface area (Å²) in [4.78, 5) is 7.83. The number of H-pyrrole nitrogens is 1. The zero-order valence-electron chi connectivity index (χ0n) is 14.2. The van der Waals surface area contributed by atoms with Gasteiger partial charge in [0.1, 0.15) is 5.82 Å². The summed E-state index contributed by atoms with van der Waals surface area (Å²) in [6, 6.07) is 8.20. The SMILES string of the molecule is Cc1nn(C)c(C)c1CCNCc1ncc(-c2cccc(Br)c2)[nH]1. The number of nitrogens with one attached hydrogen (secondary N) is 2. The van der Waals surface area contributed by atoms with Crippen molar-refractivity contribution in [3.05, 3.63) is 57.7 Å². The average Bonchev–Trinajstić information content (AvgIpc) is 3.11. The van der Waals surface area contributed by atoms with Crippen molar-refractivity contribution in [3.8, 4) is 11.3 Å². The third-order valence-corrected chi connectivity index (χ3v) is 4.76. The molecule has 24 heavy (non-hydrogen) atoms. The Kier molecular flexibility index (Phi) is 5.16. The molecule has 2 heterocycles. The zero-order valence-corrected chi connectivity index (χ0v) is 15.8. The van der Waals surface area contributed by atoms with Gasteiger partial charge < -0.3 is 10.3 Å². The molecule has 2 N–H and O–H groups in total. The number of aromatic nitrogens is 4. The maximum Gasteiger partial charge on any atom is 0.120 e. The van der Waals surface area contributed by atoms with Gasteiger partial charge in [0.2, 0.25) is 0 Å². The lowest BCUT2D eigenvalue weighted by atomic mass is 10.1. The zero-order chi connectivity index (χ0) is 17.1. The Hall–Kier alpha value is -1.92. The van der Waals surface area contributed by atoms with Crippen molar-refractivity contribution >= 4 is 15.9 Å². The smallest absolute Gasteiger partial charge is 0.120 e. The van der Waals surface area contributed by atoms with Crippen LogP contribution < -0.4 is 5.32 Å². The number of benzene rings is 1. The van der Waals surface area contributed by atoms with Crippen molar-refractivity contribution in [2.75, 3.05) is 6.54 Å². The van der Waals surface area contributed by atoms with Gasteiger partial charge >= 0.3 is 0 Å². The number of imidazole rings is 1. The summed E-state index contributed by atoms with van der Waals surface area (Å²) in [6.45, 7) is 5.82. The third kappa shape index (κ3) is 3.76. The van der Waals surface area contributed by atoms with Crippen LogP contribution >= 0.6 is 15.9 Å². The lowest BCUT2D eigenvalue weighted by molar-refractivity contribution is 0.662. The molecule has 2 aromatic heterocycles. The van der Waals surface area contributed by atoms with Gasteiger partial charge in [0, 0.05) is 22.8 Å². The van der Waals surface area contributed by atoms with Gasteiger partial charge in [0.25, 0.3) is 0 Å². The molecule has 3 aromatic rings. The molecule has 0 saturated carbocycles. The van der Waals surface area contributed by atoms with E-state index in [2.05, 4.69) is 62.3 Å². The highest BCUT2D eigenvalue weighted by atomic mass is 79.9. The average molecular weight is 388 g/mol. The Morgan fingerprint density at radius 2 is 2.12 bits per heavy atom. The van der Waals surface area contributed by atoms with Crippen LogP contribution in [0.4, 0.5) is 0 Å². The van der Waals surface area contributed by atoms with E-state index in [0.717, 1.165) is 46.8 Å². The molecule has 0 unspecified atom stereocenters. The van der Waals surface area contributed by atoms with Gasteiger partial charge in [-0.15, -0.1) is 0 Å². The Labute approximate surface area is 150 Å². The number of hydrogen-bond acceptors (Lipinski definition) is 3. The molecule has 3 rings (SSSR count). The van der Waals surface area contributed by atoms with Crippen LogP contribution in [-0.4, -0.2) is 26.3 Å². The predicted molar refractivity (Wildman–Crippen MR) is 99.8 cm³/mol. The summed E-state index contributed by atoms with van der Waals surface area (Å²) >= 11 is 3.50. The molecule has 0 saturated heterocycles. The van der Waals surface area contributed by atoms with Crippen LogP contribution in [0.25, 0.3) is 11.3 Å². The fourth-order valence-electron chi connectivity index (χ4n) is 2.85. The van der Waals surface area contributed by atoms with Crippen LogP contribution in [0.15, 0.2) is 34.9 Å². The second-order valence-electron chi connectivity index (χ2n) is 5.95. The lowest BCUT2D eigenvalue weighted by Gasteiger charge is -2.04. The molecule has 0 fully saturated rings. The molecule has 0 aliphatic rings. The molecule has 0 spiro atoms. The fraction of sp³-hybridized carbons (Fsp3) is 0.333. The van der Waals surface area contributed by atoms with E-state index in [0.29, 0.717) is 0 Å². The molecule has 0 aliphatic heterocycles. The van der Waals surface area contributed by atoms with Crippen molar-refractivity contribution in [1.29, 1.82) is 0 Å². The normalized spacial score (nSPS) is 11.2. The van der Waals surface area contributed by atoms with E-state index in [1.807, 2.05) is 30.1 Å². The van der Waals surface area contributed by atoms with Crippen molar-refractivity contribution in [2.45, 2.75) is 26.8 Å². The molecule has 0 atom stereocenters. The standard InChI is InChI=1S/C18H22BrN5/c1-12-16(13(2)24(3)23-12)7-8-20-11-18-21-10-17(22-18)14-5-4-6-15(19)9-14/h4-6,9-10,20H,7-8,11H2,1-3H3,(H,21,22). The van der Waals surface area contributed by atoms with E-state index in [4.69, 9.17) is 0 Å². The van der Waals surface area contributed by atoms with Crippen molar-refractivity contribution in [2.24, 2.45) is 7.05 Å². The molecule has 126 valence electrons. The highest BCUT2D eigenvalue weighted by Crippen LogP contribution is 2.21. The molecular weight excluding hydrogens is 366 g/mol. The Morgan fingerprint density at radius 3 is 2.83 bits per heavy atom. The van der Waals surface area contributed by atoms with Crippen LogP contribution in [0, 0.1) is 13.8 Å². The molecule has 5 nitrogen and oxygen atoms in total. The summed E-state index contributed by atoms with van der Waals surface area (Å²) in [7, 11) is 1.99. The van der Waals surface area contributed by atoms with Gasteiger partial charge in [-0.25, -0.2) is 4.98 Å². The van der Waals surface area contributed by atoms with Crippen LogP contribution in [0.2, 0.25) is 0 Å². The van der Waals surface area contributed by atoms with E-state index in [1.165, 1.54) is 11.3 Å². The molecule has 6 heteroatoms.